The van der Waals surface area contributed by atoms with Crippen molar-refractivity contribution in [2.75, 3.05) is 32.5 Å². The Labute approximate surface area is 172 Å². The Morgan fingerprint density at radius 3 is 2.71 bits per heavy atom. The highest BCUT2D eigenvalue weighted by Crippen LogP contribution is 2.36. The van der Waals surface area contributed by atoms with Crippen LogP contribution in [0.3, 0.4) is 0 Å². The lowest BCUT2D eigenvalue weighted by molar-refractivity contribution is -0.123. The van der Waals surface area contributed by atoms with Crippen LogP contribution in [0, 0.1) is 0 Å². The van der Waals surface area contributed by atoms with Gasteiger partial charge in [0, 0.05) is 30.9 Å². The quantitative estimate of drug-likeness (QED) is 0.435. The predicted molar refractivity (Wildman–Crippen MR) is 116 cm³/mol. The van der Waals surface area contributed by atoms with Gasteiger partial charge in [-0.3, -0.25) is 9.79 Å². The van der Waals surface area contributed by atoms with Crippen molar-refractivity contribution in [3.63, 3.8) is 0 Å². The van der Waals surface area contributed by atoms with Gasteiger partial charge in [0.1, 0.15) is 5.75 Å². The third-order valence-corrected chi connectivity index (χ3v) is 6.63. The molecule has 1 aliphatic heterocycles. The van der Waals surface area contributed by atoms with Gasteiger partial charge in [0.05, 0.1) is 0 Å². The number of carbonyl (C=O) groups is 1. The smallest absolute Gasteiger partial charge is 0.258 e. The summed E-state index contributed by atoms with van der Waals surface area (Å²) in [6.45, 7) is 4.16. The van der Waals surface area contributed by atoms with Crippen molar-refractivity contribution in [1.29, 1.82) is 0 Å². The van der Waals surface area contributed by atoms with Crippen LogP contribution in [0.5, 0.6) is 5.75 Å². The van der Waals surface area contributed by atoms with E-state index < -0.39 is 0 Å². The summed E-state index contributed by atoms with van der Waals surface area (Å²) in [5.74, 6) is 2.80. The van der Waals surface area contributed by atoms with Crippen LogP contribution in [-0.2, 0) is 11.2 Å². The third kappa shape index (κ3) is 6.93. The van der Waals surface area contributed by atoms with Gasteiger partial charge < -0.3 is 20.7 Å². The predicted octanol–water partition coefficient (Wildman–Crippen LogP) is 2.34. The second-order valence-corrected chi connectivity index (χ2v) is 9.46. The van der Waals surface area contributed by atoms with Crippen LogP contribution in [-0.4, -0.2) is 55.2 Å². The monoisotopic (exact) mass is 404 g/mol. The number of guanidine groups is 1. The Morgan fingerprint density at radius 2 is 2.07 bits per heavy atom. The normalized spacial score (nSPS) is 22.0. The maximum absolute atomic E-state index is 11.7. The summed E-state index contributed by atoms with van der Waals surface area (Å²) in [4.78, 5) is 16.0. The number of aliphatic imine (C=N–C) groups is 1. The number of nitrogens with one attached hydrogen (secondary N) is 3. The Kier molecular flexibility index (Phi) is 7.48. The zero-order chi connectivity index (χ0) is 19.8. The number of benzene rings is 1. The molecule has 1 amide bonds. The molecule has 0 bridgehead atoms. The fourth-order valence-corrected chi connectivity index (χ4v) is 4.44. The van der Waals surface area contributed by atoms with Gasteiger partial charge in [-0.1, -0.05) is 12.1 Å². The number of thioether (sulfide) groups is 1. The standard InChI is InChI=1S/C21H32N4O2S/c1-21(11-3-13-28-21)15-24-20(22-2)23-12-10-16-4-8-18(9-5-16)27-14-19(26)25-17-6-7-17/h4-5,8-9,17H,3,6-7,10-15H2,1-2H3,(H,25,26)(H2,22,23,24). The van der Waals surface area contributed by atoms with Gasteiger partial charge in [-0.15, -0.1) is 0 Å². The van der Waals surface area contributed by atoms with E-state index >= 15 is 0 Å². The molecule has 0 spiro atoms. The van der Waals surface area contributed by atoms with Crippen molar-refractivity contribution in [2.45, 2.75) is 49.8 Å². The van der Waals surface area contributed by atoms with Crippen molar-refractivity contribution in [3.05, 3.63) is 29.8 Å². The van der Waals surface area contributed by atoms with Crippen LogP contribution in [0.1, 0.15) is 38.2 Å². The van der Waals surface area contributed by atoms with Crippen molar-refractivity contribution < 1.29 is 9.53 Å². The number of carbonyl (C=O) groups excluding carboxylic acids is 1. The molecule has 3 N–H and O–H groups in total. The molecule has 1 aromatic rings. The fourth-order valence-electron chi connectivity index (χ4n) is 3.19. The fraction of sp³-hybridized carbons (Fsp3) is 0.619. The molecule has 6 nitrogen and oxygen atoms in total. The number of ether oxygens (including phenoxy) is 1. The molecule has 0 aromatic heterocycles. The zero-order valence-electron chi connectivity index (χ0n) is 16.9. The second kappa shape index (κ2) is 10.0. The summed E-state index contributed by atoms with van der Waals surface area (Å²) in [5, 5.41) is 9.76. The first-order valence-electron chi connectivity index (χ1n) is 10.2. The molecule has 3 rings (SSSR count). The van der Waals surface area contributed by atoms with Crippen LogP contribution in [0.25, 0.3) is 0 Å². The summed E-state index contributed by atoms with van der Waals surface area (Å²) in [5.41, 5.74) is 1.22. The van der Waals surface area contributed by atoms with Gasteiger partial charge in [-0.2, -0.15) is 11.8 Å². The molecule has 1 saturated carbocycles. The second-order valence-electron chi connectivity index (χ2n) is 7.78. The minimum atomic E-state index is -0.0421. The molecule has 0 radical (unpaired) electrons. The Bertz CT molecular complexity index is 667. The van der Waals surface area contributed by atoms with Gasteiger partial charge >= 0.3 is 0 Å². The Balaban J connectivity index is 1.33. The van der Waals surface area contributed by atoms with E-state index in [0.29, 0.717) is 10.8 Å². The topological polar surface area (TPSA) is 74.8 Å². The highest BCUT2D eigenvalue weighted by atomic mass is 32.2. The molecule has 1 unspecified atom stereocenters. The highest BCUT2D eigenvalue weighted by Gasteiger charge is 2.29. The molecule has 1 aliphatic carbocycles. The molecule has 154 valence electrons. The molecular weight excluding hydrogens is 372 g/mol. The van der Waals surface area contributed by atoms with E-state index in [9.17, 15) is 4.79 Å². The first-order chi connectivity index (χ1) is 13.6. The summed E-state index contributed by atoms with van der Waals surface area (Å²) in [6.07, 6.45) is 5.65. The van der Waals surface area contributed by atoms with Crippen molar-refractivity contribution in [3.8, 4) is 5.75 Å². The molecular formula is C21H32N4O2S. The SMILES string of the molecule is CN=C(NCCc1ccc(OCC(=O)NC2CC2)cc1)NCC1(C)CCCS1. The van der Waals surface area contributed by atoms with Crippen LogP contribution in [0.4, 0.5) is 0 Å². The van der Waals surface area contributed by atoms with E-state index in [0.717, 1.165) is 44.1 Å². The lowest BCUT2D eigenvalue weighted by Gasteiger charge is -2.24. The molecule has 1 atom stereocenters. The molecule has 1 heterocycles. The van der Waals surface area contributed by atoms with Gasteiger partial charge in [-0.05, 0) is 62.5 Å². The Hall–Kier alpha value is -1.89. The largest absolute Gasteiger partial charge is 0.484 e. The molecule has 2 aliphatic rings. The molecule has 7 heteroatoms. The average molecular weight is 405 g/mol. The first kappa shape index (κ1) is 20.8. The van der Waals surface area contributed by atoms with Gasteiger partial charge in [0.25, 0.3) is 5.91 Å². The summed E-state index contributed by atoms with van der Waals surface area (Å²) < 4.78 is 5.87. The van der Waals surface area contributed by atoms with Crippen molar-refractivity contribution >= 4 is 23.6 Å². The van der Waals surface area contributed by atoms with E-state index in [1.54, 1.807) is 0 Å². The minimum Gasteiger partial charge on any atom is -0.484 e. The van der Waals surface area contributed by atoms with Gasteiger partial charge in [-0.25, -0.2) is 0 Å². The molecule has 28 heavy (non-hydrogen) atoms. The molecule has 1 saturated heterocycles. The van der Waals surface area contributed by atoms with Crippen molar-refractivity contribution in [1.82, 2.24) is 16.0 Å². The van der Waals surface area contributed by atoms with E-state index in [-0.39, 0.29) is 12.5 Å². The van der Waals surface area contributed by atoms with Crippen molar-refractivity contribution in [2.24, 2.45) is 4.99 Å². The highest BCUT2D eigenvalue weighted by molar-refractivity contribution is 8.00. The van der Waals surface area contributed by atoms with Crippen LogP contribution in [0.15, 0.2) is 29.3 Å². The number of hydrogen-bond acceptors (Lipinski definition) is 4. The zero-order valence-corrected chi connectivity index (χ0v) is 17.7. The summed E-state index contributed by atoms with van der Waals surface area (Å²) in [6, 6.07) is 8.30. The van der Waals surface area contributed by atoms with Crippen LogP contribution >= 0.6 is 11.8 Å². The molecule has 2 fully saturated rings. The number of hydrogen-bond donors (Lipinski definition) is 3. The van der Waals surface area contributed by atoms with Crippen LogP contribution in [0.2, 0.25) is 0 Å². The van der Waals surface area contributed by atoms with Gasteiger partial charge in [0.2, 0.25) is 0 Å². The number of nitrogens with zero attached hydrogens (tertiary/aromatic N) is 1. The van der Waals surface area contributed by atoms with E-state index in [4.69, 9.17) is 4.74 Å². The first-order valence-corrected chi connectivity index (χ1v) is 11.1. The van der Waals surface area contributed by atoms with E-state index in [1.807, 2.05) is 43.1 Å². The average Bonchev–Trinajstić information content (AvgIpc) is 3.41. The summed E-state index contributed by atoms with van der Waals surface area (Å²) in [7, 11) is 1.81. The van der Waals surface area contributed by atoms with Crippen LogP contribution < -0.4 is 20.7 Å². The van der Waals surface area contributed by atoms with E-state index in [1.165, 1.54) is 24.2 Å². The minimum absolute atomic E-state index is 0.0421. The number of amides is 1. The Morgan fingerprint density at radius 1 is 1.29 bits per heavy atom. The number of rotatable bonds is 9. The lowest BCUT2D eigenvalue weighted by Crippen LogP contribution is -2.44. The maximum Gasteiger partial charge on any atom is 0.258 e. The lowest BCUT2D eigenvalue weighted by atomic mass is 10.1. The van der Waals surface area contributed by atoms with Gasteiger partial charge in [0.15, 0.2) is 12.6 Å². The third-order valence-electron chi connectivity index (χ3n) is 5.10. The summed E-state index contributed by atoms with van der Waals surface area (Å²) >= 11 is 2.05. The van der Waals surface area contributed by atoms with E-state index in [2.05, 4.69) is 27.9 Å². The molecule has 1 aromatic carbocycles. The maximum atomic E-state index is 11.7.